The molecule has 0 saturated carbocycles. The van der Waals surface area contributed by atoms with Gasteiger partial charge in [0.2, 0.25) is 0 Å². The highest BCUT2D eigenvalue weighted by molar-refractivity contribution is 5.81. The van der Waals surface area contributed by atoms with E-state index in [0.29, 0.717) is 17.3 Å². The quantitative estimate of drug-likeness (QED) is 0.865. The maximum atomic E-state index is 9.62. The first-order valence-corrected chi connectivity index (χ1v) is 7.80. The van der Waals surface area contributed by atoms with Gasteiger partial charge in [-0.1, -0.05) is 30.7 Å². The van der Waals surface area contributed by atoms with Crippen LogP contribution in [0.3, 0.4) is 0 Å². The molecule has 1 heterocycles. The molecule has 1 unspecified atom stereocenters. The maximum absolute atomic E-state index is 9.62. The first-order chi connectivity index (χ1) is 10.5. The fourth-order valence-corrected chi connectivity index (χ4v) is 3.37. The zero-order chi connectivity index (χ0) is 15.9. The van der Waals surface area contributed by atoms with Gasteiger partial charge in [-0.05, 0) is 55.7 Å². The van der Waals surface area contributed by atoms with Crippen molar-refractivity contribution in [1.29, 1.82) is 5.26 Å². The largest absolute Gasteiger partial charge is 0.383 e. The van der Waals surface area contributed by atoms with Crippen LogP contribution in [-0.4, -0.2) is 4.98 Å². The number of rotatable bonds is 1. The molecule has 3 heteroatoms. The molecule has 0 saturated heterocycles. The van der Waals surface area contributed by atoms with E-state index in [9.17, 15) is 5.26 Å². The van der Waals surface area contributed by atoms with E-state index in [0.717, 1.165) is 36.1 Å². The lowest BCUT2D eigenvalue weighted by Crippen LogP contribution is -2.17. The van der Waals surface area contributed by atoms with Crippen LogP contribution < -0.4 is 5.73 Å². The third-order valence-corrected chi connectivity index (χ3v) is 4.61. The molecule has 0 fully saturated rings. The number of nitrogens with two attached hydrogens (primary N) is 1. The van der Waals surface area contributed by atoms with E-state index < -0.39 is 0 Å². The zero-order valence-corrected chi connectivity index (χ0v) is 13.4. The number of pyridine rings is 1. The van der Waals surface area contributed by atoms with Crippen molar-refractivity contribution in [3.8, 4) is 17.2 Å². The number of benzene rings is 1. The molecule has 1 atom stereocenters. The Morgan fingerprint density at radius 1 is 1.32 bits per heavy atom. The molecule has 0 amide bonds. The van der Waals surface area contributed by atoms with Gasteiger partial charge in [-0.3, -0.25) is 0 Å². The molecule has 1 aliphatic carbocycles. The highest BCUT2D eigenvalue weighted by Crippen LogP contribution is 2.38. The van der Waals surface area contributed by atoms with E-state index in [1.165, 1.54) is 16.7 Å². The van der Waals surface area contributed by atoms with Gasteiger partial charge in [0.25, 0.3) is 0 Å². The van der Waals surface area contributed by atoms with Crippen LogP contribution in [-0.2, 0) is 12.8 Å². The lowest BCUT2D eigenvalue weighted by Gasteiger charge is -2.25. The fraction of sp³-hybridized carbons (Fsp3) is 0.368. The van der Waals surface area contributed by atoms with E-state index in [1.54, 1.807) is 0 Å². The first-order valence-electron chi connectivity index (χ1n) is 7.80. The first kappa shape index (κ1) is 14.6. The number of aromatic nitrogens is 1. The third-order valence-electron chi connectivity index (χ3n) is 4.61. The summed E-state index contributed by atoms with van der Waals surface area (Å²) in [5.74, 6) is 0.986. The summed E-state index contributed by atoms with van der Waals surface area (Å²) in [6.07, 6.45) is 3.06. The standard InChI is InChI=1S/C19H21N3/c1-11-4-6-13(3)14(8-11)18-15-9-12(2)5-7-17(15)22-19(21)16(18)10-20/h4,6,8,12H,5,7,9H2,1-3H3,(H2,21,22). The van der Waals surface area contributed by atoms with E-state index >= 15 is 0 Å². The molecular weight excluding hydrogens is 270 g/mol. The van der Waals surface area contributed by atoms with Crippen molar-refractivity contribution >= 4 is 5.82 Å². The van der Waals surface area contributed by atoms with Gasteiger partial charge < -0.3 is 5.73 Å². The summed E-state index contributed by atoms with van der Waals surface area (Å²) in [6.45, 7) is 6.43. The number of nitrogens with zero attached hydrogens (tertiary/aromatic N) is 2. The molecule has 0 spiro atoms. The van der Waals surface area contributed by atoms with Crippen molar-refractivity contribution in [1.82, 2.24) is 4.98 Å². The molecule has 22 heavy (non-hydrogen) atoms. The van der Waals surface area contributed by atoms with Crippen molar-refractivity contribution in [3.63, 3.8) is 0 Å². The Kier molecular flexibility index (Phi) is 3.62. The minimum absolute atomic E-state index is 0.367. The molecule has 0 radical (unpaired) electrons. The average molecular weight is 291 g/mol. The summed E-state index contributed by atoms with van der Waals surface area (Å²) >= 11 is 0. The van der Waals surface area contributed by atoms with Gasteiger partial charge in [-0.25, -0.2) is 4.98 Å². The second kappa shape index (κ2) is 5.46. The van der Waals surface area contributed by atoms with Crippen molar-refractivity contribution in [2.24, 2.45) is 5.92 Å². The van der Waals surface area contributed by atoms with Gasteiger partial charge in [0.1, 0.15) is 17.5 Å². The molecule has 112 valence electrons. The van der Waals surface area contributed by atoms with Crippen molar-refractivity contribution < 1.29 is 0 Å². The predicted molar refractivity (Wildman–Crippen MR) is 89.5 cm³/mol. The van der Waals surface area contributed by atoms with Gasteiger partial charge in [0.15, 0.2) is 0 Å². The summed E-state index contributed by atoms with van der Waals surface area (Å²) in [5, 5.41) is 9.62. The van der Waals surface area contributed by atoms with Crippen LogP contribution in [0.2, 0.25) is 0 Å². The molecule has 1 aliphatic rings. The molecule has 2 aromatic rings. The summed E-state index contributed by atoms with van der Waals surface area (Å²) in [6, 6.07) is 8.66. The topological polar surface area (TPSA) is 62.7 Å². The summed E-state index contributed by atoms with van der Waals surface area (Å²) < 4.78 is 0. The minimum Gasteiger partial charge on any atom is -0.383 e. The molecular formula is C19H21N3. The fourth-order valence-electron chi connectivity index (χ4n) is 3.37. The number of nitrogen functional groups attached to an aromatic ring is 1. The number of aryl methyl sites for hydroxylation is 3. The number of nitriles is 1. The Labute approximate surface area is 131 Å². The highest BCUT2D eigenvalue weighted by Gasteiger charge is 2.25. The molecule has 0 bridgehead atoms. The monoisotopic (exact) mass is 291 g/mol. The lowest BCUT2D eigenvalue weighted by molar-refractivity contribution is 0.495. The summed E-state index contributed by atoms with van der Waals surface area (Å²) in [7, 11) is 0. The van der Waals surface area contributed by atoms with Crippen LogP contribution in [0.4, 0.5) is 5.82 Å². The Morgan fingerprint density at radius 2 is 2.09 bits per heavy atom. The highest BCUT2D eigenvalue weighted by atomic mass is 14.9. The van der Waals surface area contributed by atoms with Crippen LogP contribution in [0.1, 0.15) is 41.3 Å². The van der Waals surface area contributed by atoms with E-state index in [1.807, 2.05) is 0 Å². The lowest BCUT2D eigenvalue weighted by atomic mass is 9.81. The summed E-state index contributed by atoms with van der Waals surface area (Å²) in [4.78, 5) is 4.51. The molecule has 0 aliphatic heterocycles. The molecule has 1 aromatic carbocycles. The number of hydrogen-bond donors (Lipinski definition) is 1. The van der Waals surface area contributed by atoms with Crippen LogP contribution in [0.25, 0.3) is 11.1 Å². The molecule has 3 nitrogen and oxygen atoms in total. The van der Waals surface area contributed by atoms with Gasteiger partial charge in [-0.2, -0.15) is 5.26 Å². The normalized spacial score (nSPS) is 16.9. The van der Waals surface area contributed by atoms with Crippen molar-refractivity contribution in [3.05, 3.63) is 46.1 Å². The van der Waals surface area contributed by atoms with Crippen LogP contribution >= 0.6 is 0 Å². The van der Waals surface area contributed by atoms with Crippen molar-refractivity contribution in [2.75, 3.05) is 5.73 Å². The second-order valence-corrected chi connectivity index (χ2v) is 6.45. The van der Waals surface area contributed by atoms with E-state index in [4.69, 9.17) is 5.73 Å². The van der Waals surface area contributed by atoms with E-state index in [-0.39, 0.29) is 0 Å². The molecule has 3 rings (SSSR count). The molecule has 1 aromatic heterocycles. The second-order valence-electron chi connectivity index (χ2n) is 6.45. The van der Waals surface area contributed by atoms with Crippen LogP contribution in [0.5, 0.6) is 0 Å². The Morgan fingerprint density at radius 3 is 2.82 bits per heavy atom. The van der Waals surface area contributed by atoms with Gasteiger partial charge in [-0.15, -0.1) is 0 Å². The predicted octanol–water partition coefficient (Wildman–Crippen LogP) is 3.94. The average Bonchev–Trinajstić information content (AvgIpc) is 2.49. The Balaban J connectivity index is 2.36. The van der Waals surface area contributed by atoms with Gasteiger partial charge >= 0.3 is 0 Å². The smallest absolute Gasteiger partial charge is 0.142 e. The summed E-state index contributed by atoms with van der Waals surface area (Å²) in [5.41, 5.74) is 13.4. The van der Waals surface area contributed by atoms with Gasteiger partial charge in [0, 0.05) is 11.3 Å². The maximum Gasteiger partial charge on any atom is 0.142 e. The third kappa shape index (κ3) is 2.35. The van der Waals surface area contributed by atoms with Crippen molar-refractivity contribution in [2.45, 2.75) is 40.0 Å². The Hall–Kier alpha value is -2.34. The van der Waals surface area contributed by atoms with E-state index in [2.05, 4.69) is 50.0 Å². The zero-order valence-electron chi connectivity index (χ0n) is 13.4. The van der Waals surface area contributed by atoms with Crippen LogP contribution in [0.15, 0.2) is 18.2 Å². The van der Waals surface area contributed by atoms with Gasteiger partial charge in [0.05, 0.1) is 0 Å². The number of anilines is 1. The molecule has 2 N–H and O–H groups in total. The van der Waals surface area contributed by atoms with Crippen LogP contribution in [0, 0.1) is 31.1 Å². The number of hydrogen-bond acceptors (Lipinski definition) is 3. The SMILES string of the molecule is Cc1ccc(C)c(-c2c(C#N)c(N)nc3c2CC(C)CC3)c1. The minimum atomic E-state index is 0.367. The Bertz CT molecular complexity index is 784. The number of fused-ring (bicyclic) bond motifs is 1.